The molecule has 6 nitrogen and oxygen atoms in total. The van der Waals surface area contributed by atoms with E-state index in [4.69, 9.17) is 4.74 Å². The van der Waals surface area contributed by atoms with Gasteiger partial charge in [0.05, 0.1) is 0 Å². The van der Waals surface area contributed by atoms with Gasteiger partial charge in [0.25, 0.3) is 0 Å². The third kappa shape index (κ3) is 5.21. The quantitative estimate of drug-likeness (QED) is 0.558. The first kappa shape index (κ1) is 18.2. The van der Waals surface area contributed by atoms with Gasteiger partial charge in [0.15, 0.2) is 11.0 Å². The number of carbonyl (C=O) groups is 1. The van der Waals surface area contributed by atoms with Gasteiger partial charge in [0.2, 0.25) is 5.91 Å². The maximum absolute atomic E-state index is 12.0. The summed E-state index contributed by atoms with van der Waals surface area (Å²) in [6, 6.07) is 7.75. The van der Waals surface area contributed by atoms with E-state index in [1.807, 2.05) is 35.8 Å². The molecule has 0 unspecified atom stereocenters. The van der Waals surface area contributed by atoms with Gasteiger partial charge in [0.1, 0.15) is 6.61 Å². The van der Waals surface area contributed by atoms with E-state index in [1.165, 1.54) is 11.8 Å². The molecule has 0 atom stereocenters. The fraction of sp³-hybridized carbons (Fsp3) is 0.353. The Hall–Kier alpha value is -2.12. The van der Waals surface area contributed by atoms with Crippen LogP contribution in [-0.4, -0.2) is 33.5 Å². The number of benzene rings is 1. The topological polar surface area (TPSA) is 69.0 Å². The number of aromatic nitrogens is 3. The first-order valence-electron chi connectivity index (χ1n) is 7.65. The van der Waals surface area contributed by atoms with Crippen molar-refractivity contribution in [1.29, 1.82) is 0 Å². The lowest BCUT2D eigenvalue weighted by molar-refractivity contribution is -0.115. The molecule has 2 aromatic rings. The van der Waals surface area contributed by atoms with Gasteiger partial charge in [-0.3, -0.25) is 4.79 Å². The van der Waals surface area contributed by atoms with E-state index in [0.29, 0.717) is 25.3 Å². The minimum Gasteiger partial charge on any atom is -0.377 e. The number of ether oxygens (including phenoxy) is 1. The van der Waals surface area contributed by atoms with Gasteiger partial charge in [-0.15, -0.1) is 16.8 Å². The molecule has 1 aromatic carbocycles. The number of rotatable bonds is 9. The van der Waals surface area contributed by atoms with Gasteiger partial charge in [-0.25, -0.2) is 0 Å². The van der Waals surface area contributed by atoms with Gasteiger partial charge in [-0.1, -0.05) is 35.5 Å². The highest BCUT2D eigenvalue weighted by atomic mass is 32.2. The molecule has 0 aliphatic heterocycles. The summed E-state index contributed by atoms with van der Waals surface area (Å²) in [4.78, 5) is 12.0. The third-order valence-electron chi connectivity index (χ3n) is 3.27. The van der Waals surface area contributed by atoms with Crippen LogP contribution in [0.25, 0.3) is 0 Å². The summed E-state index contributed by atoms with van der Waals surface area (Å²) in [5.74, 6) is 1.36. The lowest BCUT2D eigenvalue weighted by Crippen LogP contribution is -2.12. The van der Waals surface area contributed by atoms with Gasteiger partial charge in [-0.2, -0.15) is 0 Å². The van der Waals surface area contributed by atoms with Crippen LogP contribution in [0, 0.1) is 6.92 Å². The summed E-state index contributed by atoms with van der Waals surface area (Å²) in [6.07, 6.45) is 2.19. The molecule has 0 aliphatic rings. The van der Waals surface area contributed by atoms with Crippen LogP contribution in [0.5, 0.6) is 0 Å². The molecule has 1 amide bonds. The molecule has 2 rings (SSSR count). The Kier molecular flexibility index (Phi) is 7.02. The molecule has 0 radical (unpaired) electrons. The predicted octanol–water partition coefficient (Wildman–Crippen LogP) is 3.04. The number of carbonyl (C=O) groups excluding carboxylic acids is 1. The van der Waals surface area contributed by atoms with E-state index in [-0.39, 0.29) is 5.91 Å². The monoisotopic (exact) mass is 346 g/mol. The molecule has 1 N–H and O–H groups in total. The van der Waals surface area contributed by atoms with Gasteiger partial charge < -0.3 is 14.6 Å². The fourth-order valence-corrected chi connectivity index (χ4v) is 2.97. The highest BCUT2D eigenvalue weighted by Crippen LogP contribution is 2.19. The van der Waals surface area contributed by atoms with Crippen molar-refractivity contribution >= 4 is 23.4 Å². The normalized spacial score (nSPS) is 10.6. The van der Waals surface area contributed by atoms with Crippen molar-refractivity contribution in [3.05, 3.63) is 48.3 Å². The van der Waals surface area contributed by atoms with Crippen molar-refractivity contribution in [2.24, 2.45) is 0 Å². The van der Waals surface area contributed by atoms with E-state index in [1.54, 1.807) is 13.2 Å². The summed E-state index contributed by atoms with van der Waals surface area (Å²) >= 11 is 1.50. The molecule has 1 heterocycles. The van der Waals surface area contributed by atoms with Crippen molar-refractivity contribution in [3.8, 4) is 0 Å². The molecule has 0 aliphatic carbocycles. The van der Waals surface area contributed by atoms with Crippen LogP contribution < -0.4 is 5.32 Å². The molecule has 0 bridgehead atoms. The zero-order valence-electron chi connectivity index (χ0n) is 14.0. The summed E-state index contributed by atoms with van der Waals surface area (Å²) in [6.45, 7) is 6.77. The second kappa shape index (κ2) is 9.24. The van der Waals surface area contributed by atoms with Crippen LogP contribution in [-0.2, 0) is 22.7 Å². The lowest BCUT2D eigenvalue weighted by atomic mass is 10.2. The molecule has 1 aromatic heterocycles. The molecular weight excluding hydrogens is 324 g/mol. The van der Waals surface area contributed by atoms with E-state index in [0.717, 1.165) is 22.2 Å². The number of allylic oxidation sites excluding steroid dienone is 1. The lowest BCUT2D eigenvalue weighted by Gasteiger charge is -2.07. The Morgan fingerprint density at radius 3 is 2.79 bits per heavy atom. The van der Waals surface area contributed by atoms with E-state index >= 15 is 0 Å². The number of aryl methyl sites for hydroxylation is 1. The van der Waals surface area contributed by atoms with Gasteiger partial charge in [0, 0.05) is 31.5 Å². The molecule has 0 fully saturated rings. The second-order valence-electron chi connectivity index (χ2n) is 5.24. The van der Waals surface area contributed by atoms with Gasteiger partial charge in [-0.05, 0) is 19.1 Å². The molecular formula is C17H22N4O2S. The standard InChI is InChI=1S/C17H22N4O2S/c1-4-10-21-15(12-23-3)19-20-17(21)24-11-9-16(22)18-14-7-5-13(2)6-8-14/h4-8H,1,9-12H2,2-3H3,(H,18,22). The first-order valence-corrected chi connectivity index (χ1v) is 8.64. The number of nitrogens with one attached hydrogen (secondary N) is 1. The largest absolute Gasteiger partial charge is 0.377 e. The Balaban J connectivity index is 1.86. The van der Waals surface area contributed by atoms with Crippen molar-refractivity contribution in [2.75, 3.05) is 18.2 Å². The van der Waals surface area contributed by atoms with Crippen LogP contribution in [0.3, 0.4) is 0 Å². The van der Waals surface area contributed by atoms with Crippen LogP contribution in [0.4, 0.5) is 5.69 Å². The van der Waals surface area contributed by atoms with Crippen molar-refractivity contribution in [3.63, 3.8) is 0 Å². The van der Waals surface area contributed by atoms with Gasteiger partial charge >= 0.3 is 0 Å². The number of amides is 1. The smallest absolute Gasteiger partial charge is 0.225 e. The summed E-state index contributed by atoms with van der Waals surface area (Å²) in [5.41, 5.74) is 1.98. The molecule has 0 saturated carbocycles. The maximum atomic E-state index is 12.0. The van der Waals surface area contributed by atoms with E-state index < -0.39 is 0 Å². The maximum Gasteiger partial charge on any atom is 0.225 e. The number of hydrogen-bond acceptors (Lipinski definition) is 5. The summed E-state index contributed by atoms with van der Waals surface area (Å²) in [7, 11) is 1.62. The zero-order chi connectivity index (χ0) is 17.4. The molecule has 128 valence electrons. The van der Waals surface area contributed by atoms with Crippen molar-refractivity contribution in [2.45, 2.75) is 31.7 Å². The Labute approximate surface area is 146 Å². The minimum absolute atomic E-state index is 0.0155. The first-order chi connectivity index (χ1) is 11.6. The Bertz CT molecular complexity index is 682. The van der Waals surface area contributed by atoms with Crippen LogP contribution in [0.2, 0.25) is 0 Å². The molecule has 0 spiro atoms. The highest BCUT2D eigenvalue weighted by molar-refractivity contribution is 7.99. The van der Waals surface area contributed by atoms with Crippen LogP contribution in [0.1, 0.15) is 17.8 Å². The summed E-state index contributed by atoms with van der Waals surface area (Å²) < 4.78 is 7.06. The van der Waals surface area contributed by atoms with E-state index in [2.05, 4.69) is 22.1 Å². The summed E-state index contributed by atoms with van der Waals surface area (Å²) in [5, 5.41) is 11.9. The number of methoxy groups -OCH3 is 1. The zero-order valence-corrected chi connectivity index (χ0v) is 14.8. The van der Waals surface area contributed by atoms with Crippen LogP contribution in [0.15, 0.2) is 42.1 Å². The number of anilines is 1. The van der Waals surface area contributed by atoms with Crippen LogP contribution >= 0.6 is 11.8 Å². The SMILES string of the molecule is C=CCn1c(COC)nnc1SCCC(=O)Nc1ccc(C)cc1. The molecule has 7 heteroatoms. The fourth-order valence-electron chi connectivity index (χ4n) is 2.07. The van der Waals surface area contributed by atoms with Crippen molar-refractivity contribution < 1.29 is 9.53 Å². The third-order valence-corrected chi connectivity index (χ3v) is 4.24. The number of thioether (sulfide) groups is 1. The van der Waals surface area contributed by atoms with Crippen molar-refractivity contribution in [1.82, 2.24) is 14.8 Å². The Morgan fingerprint density at radius 2 is 2.12 bits per heavy atom. The molecule has 0 saturated heterocycles. The highest BCUT2D eigenvalue weighted by Gasteiger charge is 2.12. The number of hydrogen-bond donors (Lipinski definition) is 1. The number of nitrogens with zero attached hydrogens (tertiary/aromatic N) is 3. The minimum atomic E-state index is -0.0155. The Morgan fingerprint density at radius 1 is 1.38 bits per heavy atom. The predicted molar refractivity (Wildman–Crippen MR) is 96.1 cm³/mol. The average molecular weight is 346 g/mol. The molecule has 24 heavy (non-hydrogen) atoms. The second-order valence-corrected chi connectivity index (χ2v) is 6.31. The van der Waals surface area contributed by atoms with E-state index in [9.17, 15) is 4.79 Å². The average Bonchev–Trinajstić information content (AvgIpc) is 2.93.